The summed E-state index contributed by atoms with van der Waals surface area (Å²) in [6.45, 7) is 4.38. The summed E-state index contributed by atoms with van der Waals surface area (Å²) in [7, 11) is 0. The third-order valence-corrected chi connectivity index (χ3v) is 10.7. The van der Waals surface area contributed by atoms with Gasteiger partial charge in [-0.15, -0.1) is 11.3 Å². The largest absolute Gasteiger partial charge is 0.278 e. The van der Waals surface area contributed by atoms with Crippen LogP contribution in [0.5, 0.6) is 0 Å². The molecule has 3 heterocycles. The zero-order chi connectivity index (χ0) is 34.1. The van der Waals surface area contributed by atoms with Gasteiger partial charge in [0.05, 0.1) is 22.4 Å². The summed E-state index contributed by atoms with van der Waals surface area (Å²) in [5.74, 6) is 0.645. The van der Waals surface area contributed by atoms with Crippen LogP contribution in [0.3, 0.4) is 0 Å². The first-order valence-electron chi connectivity index (χ1n) is 17.2. The fraction of sp³-hybridized carbons (Fsp3) is 0.0213. The van der Waals surface area contributed by atoms with Crippen molar-refractivity contribution in [1.29, 1.82) is 0 Å². The van der Waals surface area contributed by atoms with Crippen molar-refractivity contribution in [2.75, 3.05) is 0 Å². The lowest BCUT2D eigenvalue weighted by Gasteiger charge is -2.13. The van der Waals surface area contributed by atoms with Crippen molar-refractivity contribution in [2.45, 2.75) is 6.42 Å². The molecule has 3 nitrogen and oxygen atoms in total. The van der Waals surface area contributed by atoms with E-state index in [1.54, 1.807) is 0 Å². The summed E-state index contributed by atoms with van der Waals surface area (Å²) in [6, 6.07) is 51.1. The molecule has 1 aliphatic carbocycles. The first kappa shape index (κ1) is 30.7. The summed E-state index contributed by atoms with van der Waals surface area (Å²) in [6.07, 6.45) is 11.7. The molecule has 3 aromatic heterocycles. The number of nitrogens with zero attached hydrogens (tertiary/aromatic N) is 3. The number of thiophene rings is 1. The van der Waals surface area contributed by atoms with E-state index in [2.05, 4.69) is 175 Å². The molecule has 1 aliphatic rings. The van der Waals surface area contributed by atoms with Crippen molar-refractivity contribution in [2.24, 2.45) is 0 Å². The molecule has 51 heavy (non-hydrogen) atoms. The Labute approximate surface area is 301 Å². The van der Waals surface area contributed by atoms with Gasteiger partial charge in [-0.3, -0.25) is 4.57 Å². The lowest BCUT2D eigenvalue weighted by Crippen LogP contribution is -2.06. The van der Waals surface area contributed by atoms with Crippen molar-refractivity contribution >= 4 is 44.8 Å². The minimum Gasteiger partial charge on any atom is -0.278 e. The first-order chi connectivity index (χ1) is 25.2. The zero-order valence-electron chi connectivity index (χ0n) is 27.9. The highest BCUT2D eigenvalue weighted by atomic mass is 32.1. The predicted octanol–water partition coefficient (Wildman–Crippen LogP) is 12.4. The smallest absolute Gasteiger partial charge is 0.235 e. The topological polar surface area (TPSA) is 30.7 Å². The third-order valence-electron chi connectivity index (χ3n) is 9.48. The first-order valence-corrected chi connectivity index (χ1v) is 18.0. The molecular weight excluding hydrogens is 639 g/mol. The van der Waals surface area contributed by atoms with Crippen molar-refractivity contribution in [1.82, 2.24) is 14.5 Å². The summed E-state index contributed by atoms with van der Waals surface area (Å²) < 4.78 is 2.22. The summed E-state index contributed by atoms with van der Waals surface area (Å²) >= 11 is 1.82. The van der Waals surface area contributed by atoms with Crippen LogP contribution in [-0.4, -0.2) is 14.5 Å². The fourth-order valence-corrected chi connectivity index (χ4v) is 7.95. The highest BCUT2D eigenvalue weighted by Gasteiger charge is 2.20. The Kier molecular flexibility index (Phi) is 7.92. The Hall–Kier alpha value is -6.36. The normalized spacial score (nSPS) is 14.7. The minimum absolute atomic E-state index is 0.645. The van der Waals surface area contributed by atoms with Gasteiger partial charge in [0.25, 0.3) is 0 Å². The number of benzene rings is 5. The number of hydrogen-bond donors (Lipinski definition) is 0. The van der Waals surface area contributed by atoms with Gasteiger partial charge < -0.3 is 0 Å². The van der Waals surface area contributed by atoms with Crippen molar-refractivity contribution in [3.05, 3.63) is 198 Å². The van der Waals surface area contributed by atoms with Crippen molar-refractivity contribution < 1.29 is 0 Å². The van der Waals surface area contributed by atoms with Gasteiger partial charge in [0.1, 0.15) is 0 Å². The van der Waals surface area contributed by atoms with Crippen LogP contribution in [0.1, 0.15) is 16.1 Å². The van der Waals surface area contributed by atoms with Gasteiger partial charge in [-0.1, -0.05) is 152 Å². The van der Waals surface area contributed by atoms with Crippen LogP contribution in [0.25, 0.3) is 72.2 Å². The quantitative estimate of drug-likeness (QED) is 0.182. The van der Waals surface area contributed by atoms with E-state index in [-0.39, 0.29) is 0 Å². The molecule has 8 aromatic rings. The second-order valence-corrected chi connectivity index (χ2v) is 13.8. The lowest BCUT2D eigenvalue weighted by molar-refractivity contribution is 0.965. The average Bonchev–Trinajstić information content (AvgIpc) is 3.81. The third kappa shape index (κ3) is 5.86. The van der Waals surface area contributed by atoms with Crippen molar-refractivity contribution in [3.8, 4) is 38.8 Å². The van der Waals surface area contributed by atoms with Gasteiger partial charge in [0.15, 0.2) is 0 Å². The summed E-state index contributed by atoms with van der Waals surface area (Å²) in [5.41, 5.74) is 11.9. The lowest BCUT2D eigenvalue weighted by atomic mass is 10.0. The van der Waals surface area contributed by atoms with E-state index in [1.807, 2.05) is 23.5 Å². The van der Waals surface area contributed by atoms with E-state index >= 15 is 0 Å². The number of fused-ring (bicyclic) bond motifs is 4. The van der Waals surface area contributed by atoms with E-state index in [0.29, 0.717) is 5.95 Å². The van der Waals surface area contributed by atoms with E-state index in [4.69, 9.17) is 9.97 Å². The molecule has 0 radical (unpaired) electrons. The van der Waals surface area contributed by atoms with Gasteiger partial charge in [-0.05, 0) is 70.2 Å². The van der Waals surface area contributed by atoms with Crippen LogP contribution < -0.4 is 0 Å². The van der Waals surface area contributed by atoms with Gasteiger partial charge >= 0.3 is 0 Å². The predicted molar refractivity (Wildman–Crippen MR) is 216 cm³/mol. The van der Waals surface area contributed by atoms with Crippen LogP contribution >= 0.6 is 11.3 Å². The van der Waals surface area contributed by atoms with Gasteiger partial charge in [-0.25, -0.2) is 9.97 Å². The van der Waals surface area contributed by atoms with E-state index in [0.717, 1.165) is 45.4 Å². The second kappa shape index (κ2) is 13.2. The van der Waals surface area contributed by atoms with Gasteiger partial charge in [0.2, 0.25) is 5.95 Å². The van der Waals surface area contributed by atoms with Gasteiger partial charge in [0, 0.05) is 26.1 Å². The Morgan fingerprint density at radius 2 is 1.16 bits per heavy atom. The maximum absolute atomic E-state index is 5.35. The minimum atomic E-state index is 0.645. The molecular formula is C47H33N3S. The number of allylic oxidation sites excluding steroid dienone is 6. The molecule has 0 bridgehead atoms. The van der Waals surface area contributed by atoms with Crippen LogP contribution in [0.4, 0.5) is 0 Å². The average molecular weight is 672 g/mol. The number of aromatic nitrogens is 3. The number of hydrogen-bond acceptors (Lipinski definition) is 3. The summed E-state index contributed by atoms with van der Waals surface area (Å²) in [4.78, 5) is 13.0. The molecule has 0 saturated carbocycles. The maximum atomic E-state index is 5.35. The SMILES string of the molecule is C=C1C=Cc2c(c3ccccc3n2-c2nc(-c3ccc(-c4ccccc4)cc3)c3ccccc3n2)C/C=C(c2ccc(-c3ccccc3)s2)\C=C/1. The van der Waals surface area contributed by atoms with E-state index < -0.39 is 0 Å². The standard InChI is InChI=1S/C47H33N3S/c1-32-20-22-36(45-31-30-44(51-45)35-14-6-3-7-15-35)27-28-39-38-16-9-11-19-42(38)50(43(39)29-21-32)47-48-41-18-10-8-17-40(41)46(49-47)37-25-23-34(24-26-37)33-12-4-2-5-13-33/h2-27,29-31H,1,28H2/b22-20-,29-21?,36-27+. The van der Waals surface area contributed by atoms with Crippen LogP contribution in [0.15, 0.2) is 182 Å². The fourth-order valence-electron chi connectivity index (χ4n) is 6.92. The maximum Gasteiger partial charge on any atom is 0.235 e. The van der Waals surface area contributed by atoms with Crippen LogP contribution in [0, 0.1) is 0 Å². The van der Waals surface area contributed by atoms with Crippen molar-refractivity contribution in [3.63, 3.8) is 0 Å². The molecule has 0 spiro atoms. The molecule has 0 atom stereocenters. The summed E-state index contributed by atoms with van der Waals surface area (Å²) in [5, 5.41) is 2.21. The molecule has 0 unspecified atom stereocenters. The molecule has 0 aliphatic heterocycles. The van der Waals surface area contributed by atoms with E-state index in [9.17, 15) is 0 Å². The second-order valence-electron chi connectivity index (χ2n) is 12.7. The molecule has 0 saturated heterocycles. The Bertz CT molecular complexity index is 2650. The zero-order valence-corrected chi connectivity index (χ0v) is 28.7. The van der Waals surface area contributed by atoms with Crippen LogP contribution in [0.2, 0.25) is 0 Å². The Morgan fingerprint density at radius 1 is 0.529 bits per heavy atom. The number of rotatable bonds is 5. The molecule has 5 aromatic carbocycles. The molecule has 0 amide bonds. The highest BCUT2D eigenvalue weighted by Crippen LogP contribution is 2.37. The Morgan fingerprint density at radius 3 is 1.96 bits per heavy atom. The molecule has 242 valence electrons. The monoisotopic (exact) mass is 671 g/mol. The van der Waals surface area contributed by atoms with Crippen LogP contribution in [-0.2, 0) is 6.42 Å². The van der Waals surface area contributed by atoms with E-state index in [1.165, 1.54) is 43.0 Å². The Balaban J connectivity index is 1.19. The molecule has 0 N–H and O–H groups in total. The molecule has 4 heteroatoms. The molecule has 9 rings (SSSR count). The van der Waals surface area contributed by atoms with Gasteiger partial charge in [-0.2, -0.15) is 0 Å². The molecule has 0 fully saturated rings. The highest BCUT2D eigenvalue weighted by molar-refractivity contribution is 7.16. The number of para-hydroxylation sites is 2.